The lowest BCUT2D eigenvalue weighted by atomic mass is 10.1. The van der Waals surface area contributed by atoms with Crippen LogP contribution in [0, 0.1) is 6.92 Å². The molecule has 0 atom stereocenters. The largest absolute Gasteiger partial charge is 0.378 e. The molecule has 2 fully saturated rings. The number of hydroxylamine groups is 1. The summed E-state index contributed by atoms with van der Waals surface area (Å²) >= 11 is 0. The number of ether oxygens (including phenoxy) is 1. The number of fused-ring (bicyclic) bond motifs is 1. The van der Waals surface area contributed by atoms with Crippen LogP contribution in [0.3, 0.4) is 0 Å². The van der Waals surface area contributed by atoms with Gasteiger partial charge in [-0.25, -0.2) is 8.42 Å². The average molecular weight is 498 g/mol. The van der Waals surface area contributed by atoms with Crippen molar-refractivity contribution in [2.75, 3.05) is 49.4 Å². The number of hydrogen-bond acceptors (Lipinski definition) is 8. The van der Waals surface area contributed by atoms with Crippen molar-refractivity contribution in [3.8, 4) is 0 Å². The normalized spacial score (nSPS) is 17.4. The van der Waals surface area contributed by atoms with Gasteiger partial charge >= 0.3 is 0 Å². The molecule has 3 N–H and O–H groups in total. The summed E-state index contributed by atoms with van der Waals surface area (Å²) in [5, 5.41) is 12.3. The Hall–Kier alpha value is -3.09. The van der Waals surface area contributed by atoms with Gasteiger partial charge in [-0.3, -0.25) is 15.0 Å². The molecule has 0 radical (unpaired) electrons. The monoisotopic (exact) mass is 497 g/mol. The number of hydrogen-bond donors (Lipinski definition) is 2. The van der Waals surface area contributed by atoms with Gasteiger partial charge < -0.3 is 15.4 Å². The maximum Gasteiger partial charge on any atom is 0.284 e. The highest BCUT2D eigenvalue weighted by molar-refractivity contribution is 7.89. The van der Waals surface area contributed by atoms with Crippen LogP contribution in [0.4, 0.5) is 11.4 Å². The van der Waals surface area contributed by atoms with Gasteiger partial charge in [-0.05, 0) is 55.0 Å². The standard InChI is InChI=1S/C24H27N5O5S/c1-16-6-7-26-22-4-2-18(12-20(16)22)29(31)24(30)21-13-19(35(32,33)28-14-17(25)15-28)3-5-23(21)27-8-10-34-11-9-27/h2-7,12-13,17,31H,8-11,14-15,25H2,1H3. The van der Waals surface area contributed by atoms with Crippen LogP contribution in [0.5, 0.6) is 0 Å². The molecule has 0 spiro atoms. The van der Waals surface area contributed by atoms with Gasteiger partial charge in [-0.1, -0.05) is 0 Å². The van der Waals surface area contributed by atoms with Gasteiger partial charge in [0.2, 0.25) is 10.0 Å². The minimum atomic E-state index is -3.81. The third-order valence-electron chi connectivity index (χ3n) is 6.44. The lowest BCUT2D eigenvalue weighted by Gasteiger charge is -2.36. The summed E-state index contributed by atoms with van der Waals surface area (Å²) in [6.45, 7) is 4.43. The van der Waals surface area contributed by atoms with Crippen LogP contribution in [-0.4, -0.2) is 74.3 Å². The van der Waals surface area contributed by atoms with Crippen LogP contribution in [-0.2, 0) is 14.8 Å². The Kier molecular flexibility index (Phi) is 6.20. The first-order valence-corrected chi connectivity index (χ1v) is 12.8. The molecule has 184 valence electrons. The number of carbonyl (C=O) groups excluding carboxylic acids is 1. The summed E-state index contributed by atoms with van der Waals surface area (Å²) in [6.07, 6.45) is 1.70. The number of aromatic nitrogens is 1. The minimum absolute atomic E-state index is 0.0169. The molecule has 2 aliphatic heterocycles. The van der Waals surface area contributed by atoms with Crippen LogP contribution in [0.2, 0.25) is 0 Å². The number of pyridine rings is 1. The summed E-state index contributed by atoms with van der Waals surface area (Å²) in [5.41, 5.74) is 8.35. The number of carbonyl (C=O) groups is 1. The molecule has 3 aromatic rings. The zero-order chi connectivity index (χ0) is 24.7. The molecular weight excluding hydrogens is 470 g/mol. The maximum absolute atomic E-state index is 13.6. The number of rotatable bonds is 5. The molecule has 0 aliphatic carbocycles. The highest BCUT2D eigenvalue weighted by atomic mass is 32.2. The Bertz CT molecular complexity index is 1380. The van der Waals surface area contributed by atoms with Crippen molar-refractivity contribution in [1.82, 2.24) is 9.29 Å². The molecule has 0 saturated carbocycles. The molecule has 0 bridgehead atoms. The van der Waals surface area contributed by atoms with Crippen molar-refractivity contribution >= 4 is 38.2 Å². The van der Waals surface area contributed by atoms with E-state index in [9.17, 15) is 18.4 Å². The van der Waals surface area contributed by atoms with Crippen LogP contribution >= 0.6 is 0 Å². The number of nitrogens with two attached hydrogens (primary N) is 1. The molecule has 1 amide bonds. The zero-order valence-electron chi connectivity index (χ0n) is 19.3. The fourth-order valence-electron chi connectivity index (χ4n) is 4.38. The first kappa shape index (κ1) is 23.6. The molecule has 35 heavy (non-hydrogen) atoms. The minimum Gasteiger partial charge on any atom is -0.378 e. The van der Waals surface area contributed by atoms with Crippen molar-refractivity contribution in [2.45, 2.75) is 17.9 Å². The topological polar surface area (TPSA) is 129 Å². The Morgan fingerprint density at radius 2 is 1.89 bits per heavy atom. The Labute approximate surface area is 203 Å². The highest BCUT2D eigenvalue weighted by Crippen LogP contribution is 2.31. The van der Waals surface area contributed by atoms with E-state index in [2.05, 4.69) is 4.98 Å². The van der Waals surface area contributed by atoms with E-state index in [1.54, 1.807) is 30.5 Å². The molecular formula is C24H27N5O5S. The smallest absolute Gasteiger partial charge is 0.284 e. The molecule has 2 aromatic carbocycles. The van der Waals surface area contributed by atoms with Gasteiger partial charge in [0.05, 0.1) is 34.9 Å². The van der Waals surface area contributed by atoms with E-state index in [-0.39, 0.29) is 35.3 Å². The molecule has 11 heteroatoms. The molecule has 0 unspecified atom stereocenters. The second-order valence-electron chi connectivity index (χ2n) is 8.81. The number of anilines is 2. The van der Waals surface area contributed by atoms with Crippen molar-refractivity contribution in [3.63, 3.8) is 0 Å². The lowest BCUT2D eigenvalue weighted by molar-refractivity contribution is 0.0853. The van der Waals surface area contributed by atoms with E-state index in [4.69, 9.17) is 10.5 Å². The summed E-state index contributed by atoms with van der Waals surface area (Å²) in [4.78, 5) is 19.8. The van der Waals surface area contributed by atoms with E-state index in [1.807, 2.05) is 17.9 Å². The summed E-state index contributed by atoms with van der Waals surface area (Å²) < 4.78 is 32.9. The molecule has 1 aromatic heterocycles. The van der Waals surface area contributed by atoms with E-state index < -0.39 is 15.9 Å². The Morgan fingerprint density at radius 1 is 1.14 bits per heavy atom. The fraction of sp³-hybridized carbons (Fsp3) is 0.333. The Morgan fingerprint density at radius 3 is 2.60 bits per heavy atom. The highest BCUT2D eigenvalue weighted by Gasteiger charge is 2.36. The SMILES string of the molecule is Cc1ccnc2ccc(N(O)C(=O)c3cc(S(=O)(=O)N4CC(N)C4)ccc3N3CCOCC3)cc12. The average Bonchev–Trinajstić information content (AvgIpc) is 2.86. The van der Waals surface area contributed by atoms with Crippen molar-refractivity contribution in [1.29, 1.82) is 0 Å². The number of sulfonamides is 1. The second-order valence-corrected chi connectivity index (χ2v) is 10.7. The summed E-state index contributed by atoms with van der Waals surface area (Å²) in [7, 11) is -3.81. The summed E-state index contributed by atoms with van der Waals surface area (Å²) in [5.74, 6) is -0.732. The van der Waals surface area contributed by atoms with Gasteiger partial charge in [-0.2, -0.15) is 9.37 Å². The van der Waals surface area contributed by atoms with Crippen molar-refractivity contribution < 1.29 is 23.2 Å². The van der Waals surface area contributed by atoms with Gasteiger partial charge in [0.15, 0.2) is 0 Å². The first-order chi connectivity index (χ1) is 16.8. The molecule has 5 rings (SSSR count). The second kappa shape index (κ2) is 9.17. The van der Waals surface area contributed by atoms with Gasteiger partial charge in [-0.15, -0.1) is 0 Å². The summed E-state index contributed by atoms with van der Waals surface area (Å²) in [6, 6.07) is 11.1. The third kappa shape index (κ3) is 4.37. The third-order valence-corrected chi connectivity index (χ3v) is 8.27. The predicted octanol–water partition coefficient (Wildman–Crippen LogP) is 1.75. The predicted molar refractivity (Wildman–Crippen MR) is 131 cm³/mol. The van der Waals surface area contributed by atoms with E-state index in [1.165, 1.54) is 16.4 Å². The van der Waals surface area contributed by atoms with Crippen LogP contribution < -0.4 is 15.7 Å². The van der Waals surface area contributed by atoms with E-state index >= 15 is 0 Å². The number of morpholine rings is 1. The number of aryl methyl sites for hydroxylation is 1. The number of amides is 1. The zero-order valence-corrected chi connectivity index (χ0v) is 20.1. The molecule has 3 heterocycles. The van der Waals surface area contributed by atoms with Crippen molar-refractivity contribution in [3.05, 3.63) is 59.8 Å². The first-order valence-electron chi connectivity index (χ1n) is 11.4. The van der Waals surface area contributed by atoms with Crippen LogP contribution in [0.25, 0.3) is 10.9 Å². The molecule has 2 aliphatic rings. The van der Waals surface area contributed by atoms with Crippen LogP contribution in [0.1, 0.15) is 15.9 Å². The van der Waals surface area contributed by atoms with Crippen LogP contribution in [0.15, 0.2) is 53.6 Å². The molecule has 10 nitrogen and oxygen atoms in total. The molecule has 2 saturated heterocycles. The Balaban J connectivity index is 1.55. The number of benzene rings is 2. The lowest BCUT2D eigenvalue weighted by Crippen LogP contribution is -2.57. The van der Waals surface area contributed by atoms with Gasteiger partial charge in [0, 0.05) is 49.5 Å². The quantitative estimate of drug-likeness (QED) is 0.403. The van der Waals surface area contributed by atoms with E-state index in [0.717, 1.165) is 16.5 Å². The van der Waals surface area contributed by atoms with E-state index in [0.29, 0.717) is 37.1 Å². The fourth-order valence-corrected chi connectivity index (χ4v) is 5.96. The van der Waals surface area contributed by atoms with Crippen molar-refractivity contribution in [2.24, 2.45) is 5.73 Å². The van der Waals surface area contributed by atoms with Gasteiger partial charge in [0.1, 0.15) is 0 Å². The maximum atomic E-state index is 13.6. The van der Waals surface area contributed by atoms with Gasteiger partial charge in [0.25, 0.3) is 5.91 Å². The number of nitrogens with zero attached hydrogens (tertiary/aromatic N) is 4.